The summed E-state index contributed by atoms with van der Waals surface area (Å²) >= 11 is 2.58. The summed E-state index contributed by atoms with van der Waals surface area (Å²) in [6, 6.07) is 7.59. The highest BCUT2D eigenvalue weighted by molar-refractivity contribution is 8.00. The fourth-order valence-electron chi connectivity index (χ4n) is 3.39. The van der Waals surface area contributed by atoms with Crippen LogP contribution in [-0.2, 0) is 4.79 Å². The van der Waals surface area contributed by atoms with Crippen molar-refractivity contribution in [2.24, 2.45) is 10.7 Å². The van der Waals surface area contributed by atoms with Crippen LogP contribution in [0.3, 0.4) is 0 Å². The highest BCUT2D eigenvalue weighted by atomic mass is 32.2. The standard InChI is InChI=1S/C24H21F2N5O2S2/c1-3-8-34-31-17-5-4-16(25)20(21(17)26)22(33)15-11-29-24-14(15)9-13(10-28-24)18-6-7-19(35-18)23(27)30-12(2)32/h4-7,9-11,31H,3,8H2,1-2H3,(H,28,29)(H2,27,30,32). The number of anilines is 1. The smallest absolute Gasteiger partial charge is 0.244 e. The van der Waals surface area contributed by atoms with Gasteiger partial charge in [-0.1, -0.05) is 18.9 Å². The van der Waals surface area contributed by atoms with Gasteiger partial charge in [0.15, 0.2) is 5.82 Å². The molecule has 35 heavy (non-hydrogen) atoms. The highest BCUT2D eigenvalue weighted by Gasteiger charge is 2.25. The summed E-state index contributed by atoms with van der Waals surface area (Å²) in [7, 11) is 0. The molecule has 4 N–H and O–H groups in total. The first kappa shape index (κ1) is 24.6. The summed E-state index contributed by atoms with van der Waals surface area (Å²) in [6.45, 7) is 3.29. The minimum absolute atomic E-state index is 0.0442. The molecule has 0 radical (unpaired) electrons. The van der Waals surface area contributed by atoms with Crippen molar-refractivity contribution in [3.05, 3.63) is 70.4 Å². The van der Waals surface area contributed by atoms with Crippen LogP contribution in [0.25, 0.3) is 21.5 Å². The fourth-order valence-corrected chi connectivity index (χ4v) is 4.89. The lowest BCUT2D eigenvalue weighted by Gasteiger charge is -2.10. The van der Waals surface area contributed by atoms with E-state index in [1.54, 1.807) is 24.4 Å². The number of hydrogen-bond donors (Lipinski definition) is 3. The lowest BCUT2D eigenvalue weighted by molar-refractivity contribution is -0.115. The van der Waals surface area contributed by atoms with Crippen molar-refractivity contribution in [3.63, 3.8) is 0 Å². The largest absolute Gasteiger partial charge is 0.382 e. The zero-order chi connectivity index (χ0) is 25.1. The monoisotopic (exact) mass is 513 g/mol. The Bertz CT molecular complexity index is 1460. The number of aromatic nitrogens is 2. The van der Waals surface area contributed by atoms with E-state index in [1.807, 2.05) is 6.92 Å². The first-order valence-corrected chi connectivity index (χ1v) is 12.4. The van der Waals surface area contributed by atoms with E-state index in [2.05, 4.69) is 19.7 Å². The molecule has 11 heteroatoms. The van der Waals surface area contributed by atoms with E-state index in [4.69, 9.17) is 5.73 Å². The predicted molar refractivity (Wildman–Crippen MR) is 137 cm³/mol. The van der Waals surface area contributed by atoms with E-state index in [-0.39, 0.29) is 17.1 Å². The number of rotatable bonds is 8. The van der Waals surface area contributed by atoms with Crippen molar-refractivity contribution in [2.75, 3.05) is 10.5 Å². The molecule has 0 saturated carbocycles. The molecule has 0 unspecified atom stereocenters. The molecule has 180 valence electrons. The van der Waals surface area contributed by atoms with Gasteiger partial charge in [0.1, 0.15) is 17.3 Å². The van der Waals surface area contributed by atoms with Crippen LogP contribution in [0.4, 0.5) is 14.5 Å². The molecular formula is C24H21F2N5O2S2. The number of pyridine rings is 1. The maximum Gasteiger partial charge on any atom is 0.244 e. The molecule has 0 spiro atoms. The molecule has 0 aliphatic carbocycles. The number of fused-ring (bicyclic) bond motifs is 1. The number of nitrogens with zero attached hydrogens (tertiary/aromatic N) is 2. The number of ketones is 1. The molecular weight excluding hydrogens is 492 g/mol. The molecule has 4 rings (SSSR count). The van der Waals surface area contributed by atoms with Gasteiger partial charge in [-0.3, -0.25) is 9.59 Å². The van der Waals surface area contributed by atoms with Crippen LogP contribution < -0.4 is 10.5 Å². The second kappa shape index (κ2) is 10.4. The molecule has 1 aromatic carbocycles. The number of nitrogens with one attached hydrogen (secondary N) is 2. The van der Waals surface area contributed by atoms with Gasteiger partial charge in [0.2, 0.25) is 11.7 Å². The Labute approximate surface area is 208 Å². The van der Waals surface area contributed by atoms with Gasteiger partial charge >= 0.3 is 0 Å². The third-order valence-corrected chi connectivity index (χ3v) is 7.14. The molecule has 7 nitrogen and oxygen atoms in total. The molecule has 3 aromatic heterocycles. The van der Waals surface area contributed by atoms with Gasteiger partial charge in [0.05, 0.1) is 16.1 Å². The summed E-state index contributed by atoms with van der Waals surface area (Å²) in [5, 5.41) is 0.422. The topological polar surface area (TPSA) is 113 Å². The maximum atomic E-state index is 15.1. The number of hydrogen-bond acceptors (Lipinski definition) is 6. The number of carbonyl (C=O) groups excluding carboxylic acids is 2. The molecule has 0 bridgehead atoms. The number of amides is 1. The minimum Gasteiger partial charge on any atom is -0.382 e. The Morgan fingerprint density at radius 3 is 2.80 bits per heavy atom. The molecule has 0 atom stereocenters. The lowest BCUT2D eigenvalue weighted by atomic mass is 10.0. The Hall–Kier alpha value is -3.57. The average molecular weight is 514 g/mol. The number of nitrogens with two attached hydrogens (primary N) is 1. The number of H-pyrrole nitrogens is 1. The normalized spacial score (nSPS) is 11.7. The van der Waals surface area contributed by atoms with Crippen LogP contribution in [0.2, 0.25) is 0 Å². The summed E-state index contributed by atoms with van der Waals surface area (Å²) in [5.41, 5.74) is 6.45. The average Bonchev–Trinajstić information content (AvgIpc) is 3.47. The summed E-state index contributed by atoms with van der Waals surface area (Å²) in [5.74, 6) is -2.25. The second-order valence-electron chi connectivity index (χ2n) is 7.57. The Morgan fingerprint density at radius 1 is 1.26 bits per heavy atom. The predicted octanol–water partition coefficient (Wildman–Crippen LogP) is 5.52. The van der Waals surface area contributed by atoms with Crippen molar-refractivity contribution >= 4 is 57.5 Å². The van der Waals surface area contributed by atoms with Crippen LogP contribution in [0.5, 0.6) is 0 Å². The SMILES string of the molecule is CCCSNc1ccc(F)c(C(=O)c2c[nH]c3ncc(-c4ccc(C(N)=NC(C)=O)s4)cc23)c1F. The third-order valence-electron chi connectivity index (χ3n) is 5.00. The Morgan fingerprint density at radius 2 is 2.06 bits per heavy atom. The van der Waals surface area contributed by atoms with Gasteiger partial charge < -0.3 is 15.4 Å². The molecule has 0 aliphatic rings. The highest BCUT2D eigenvalue weighted by Crippen LogP contribution is 2.32. The Balaban J connectivity index is 1.71. The van der Waals surface area contributed by atoms with Gasteiger partial charge in [-0.25, -0.2) is 13.8 Å². The van der Waals surface area contributed by atoms with E-state index >= 15 is 4.39 Å². The molecule has 1 amide bonds. The zero-order valence-corrected chi connectivity index (χ0v) is 20.4. The number of thiophene rings is 1. The summed E-state index contributed by atoms with van der Waals surface area (Å²) in [6.07, 6.45) is 3.88. The first-order valence-electron chi connectivity index (χ1n) is 10.6. The van der Waals surface area contributed by atoms with Crippen molar-refractivity contribution in [2.45, 2.75) is 20.3 Å². The summed E-state index contributed by atoms with van der Waals surface area (Å²) in [4.78, 5) is 36.8. The van der Waals surface area contributed by atoms with Crippen LogP contribution >= 0.6 is 23.3 Å². The van der Waals surface area contributed by atoms with Gasteiger partial charge in [0.25, 0.3) is 0 Å². The number of halogens is 2. The molecule has 0 saturated heterocycles. The van der Waals surface area contributed by atoms with Crippen LogP contribution in [0, 0.1) is 11.6 Å². The first-order chi connectivity index (χ1) is 16.8. The second-order valence-corrected chi connectivity index (χ2v) is 9.55. The number of aromatic amines is 1. The minimum atomic E-state index is -0.944. The third kappa shape index (κ3) is 5.10. The quantitative estimate of drug-likeness (QED) is 0.0940. The molecule has 3 heterocycles. The Kier molecular flexibility index (Phi) is 7.27. The number of amidine groups is 1. The number of benzene rings is 1. The maximum absolute atomic E-state index is 15.1. The van der Waals surface area contributed by atoms with Crippen molar-refractivity contribution < 1.29 is 18.4 Å². The summed E-state index contributed by atoms with van der Waals surface area (Å²) < 4.78 is 32.6. The van der Waals surface area contributed by atoms with Crippen molar-refractivity contribution in [3.8, 4) is 10.4 Å². The molecule has 4 aromatic rings. The lowest BCUT2D eigenvalue weighted by Crippen LogP contribution is -2.13. The van der Waals surface area contributed by atoms with Gasteiger partial charge in [-0.15, -0.1) is 11.3 Å². The van der Waals surface area contributed by atoms with Crippen molar-refractivity contribution in [1.29, 1.82) is 0 Å². The van der Waals surface area contributed by atoms with Gasteiger partial charge in [0, 0.05) is 46.5 Å². The van der Waals surface area contributed by atoms with E-state index in [0.29, 0.717) is 21.5 Å². The van der Waals surface area contributed by atoms with Crippen LogP contribution in [0.15, 0.2) is 47.7 Å². The number of carbonyl (C=O) groups is 2. The zero-order valence-electron chi connectivity index (χ0n) is 18.8. The van der Waals surface area contributed by atoms with E-state index < -0.39 is 28.9 Å². The fraction of sp³-hybridized carbons (Fsp3) is 0.167. The van der Waals surface area contributed by atoms with E-state index in [0.717, 1.165) is 23.1 Å². The van der Waals surface area contributed by atoms with Crippen molar-refractivity contribution in [1.82, 2.24) is 9.97 Å². The number of aliphatic imine (C=N–C) groups is 1. The molecule has 0 fully saturated rings. The van der Waals surface area contributed by atoms with E-state index in [1.165, 1.54) is 42.5 Å². The van der Waals surface area contributed by atoms with E-state index in [9.17, 15) is 14.0 Å². The van der Waals surface area contributed by atoms with Crippen LogP contribution in [-0.4, -0.2) is 33.2 Å². The van der Waals surface area contributed by atoms with Gasteiger partial charge in [-0.05, 0) is 36.8 Å². The molecule has 0 aliphatic heterocycles. The van der Waals surface area contributed by atoms with Crippen LogP contribution in [0.1, 0.15) is 41.1 Å². The van der Waals surface area contributed by atoms with Gasteiger partial charge in [-0.2, -0.15) is 4.99 Å².